The zero-order chi connectivity index (χ0) is 10.7. The fourth-order valence-electron chi connectivity index (χ4n) is 2.18. The topological polar surface area (TPSA) is 30.9 Å². The Balaban J connectivity index is 0.00000128. The lowest BCUT2D eigenvalue weighted by atomic mass is 10.2. The third kappa shape index (κ3) is 2.62. The van der Waals surface area contributed by atoms with E-state index in [0.717, 1.165) is 32.1 Å². The number of nitrogens with one attached hydrogen (secondary N) is 1. The van der Waals surface area contributed by atoms with Crippen molar-refractivity contribution in [3.8, 4) is 0 Å². The molecule has 0 aliphatic carbocycles. The Bertz CT molecular complexity index is 234. The van der Waals surface area contributed by atoms with Gasteiger partial charge in [-0.1, -0.05) is 0 Å². The van der Waals surface area contributed by atoms with Crippen LogP contribution in [0.3, 0.4) is 0 Å². The Labute approximate surface area is 93.8 Å². The largest absolute Gasteiger partial charge is 0.356 e. The molecule has 15 heavy (non-hydrogen) atoms. The number of aliphatic imine (C=N–C) groups is 1. The van der Waals surface area contributed by atoms with Crippen LogP contribution in [0.2, 0.25) is 0 Å². The van der Waals surface area contributed by atoms with E-state index in [-0.39, 0.29) is 1.43 Å². The molecule has 1 N–H and O–H groups in total. The minimum atomic E-state index is 0. The lowest BCUT2D eigenvalue weighted by Gasteiger charge is -2.39. The summed E-state index contributed by atoms with van der Waals surface area (Å²) in [6.07, 6.45) is 1.18. The van der Waals surface area contributed by atoms with Gasteiger partial charge in [-0.2, -0.15) is 0 Å². The van der Waals surface area contributed by atoms with Gasteiger partial charge in [-0.05, 0) is 20.3 Å². The minimum Gasteiger partial charge on any atom is -0.356 e. The summed E-state index contributed by atoms with van der Waals surface area (Å²) in [6, 6.07) is 0.674. The average Bonchev–Trinajstić information content (AvgIpc) is 2.30. The van der Waals surface area contributed by atoms with Crippen LogP contribution in [-0.4, -0.2) is 61.1 Å². The highest BCUT2D eigenvalue weighted by Crippen LogP contribution is 2.07. The van der Waals surface area contributed by atoms with Crippen molar-refractivity contribution in [1.82, 2.24) is 15.1 Å². The van der Waals surface area contributed by atoms with Crippen molar-refractivity contribution in [3.05, 3.63) is 0 Å². The molecule has 4 heteroatoms. The maximum Gasteiger partial charge on any atom is 0.194 e. The van der Waals surface area contributed by atoms with Crippen LogP contribution >= 0.6 is 0 Å². The number of nitrogens with zero attached hydrogens (tertiary/aromatic N) is 3. The highest BCUT2D eigenvalue weighted by Gasteiger charge is 2.21. The van der Waals surface area contributed by atoms with Crippen molar-refractivity contribution < 1.29 is 1.43 Å². The fraction of sp³-hybridized carbons (Fsp3) is 0.909. The molecule has 4 nitrogen and oxygen atoms in total. The molecule has 0 saturated carbocycles. The lowest BCUT2D eigenvalue weighted by Crippen LogP contribution is -2.54. The number of rotatable bonds is 1. The van der Waals surface area contributed by atoms with Gasteiger partial charge in [0, 0.05) is 46.7 Å². The average molecular weight is 212 g/mol. The lowest BCUT2D eigenvalue weighted by molar-refractivity contribution is 0.146. The zero-order valence-electron chi connectivity index (χ0n) is 9.87. The molecule has 2 aliphatic heterocycles. The first-order chi connectivity index (χ1) is 7.27. The summed E-state index contributed by atoms with van der Waals surface area (Å²) in [4.78, 5) is 9.45. The SMILES string of the molecule is CC(C)N1CCN(C2=NCCCN2)CC1.[HH]. The Morgan fingerprint density at radius 3 is 2.53 bits per heavy atom. The Hall–Kier alpha value is -0.770. The third-order valence-corrected chi connectivity index (χ3v) is 3.22. The molecule has 0 aromatic carbocycles. The molecule has 0 aromatic heterocycles. The number of hydrogen-bond donors (Lipinski definition) is 1. The summed E-state index contributed by atoms with van der Waals surface area (Å²) in [7, 11) is 0. The molecule has 2 heterocycles. The molecule has 0 atom stereocenters. The summed E-state index contributed by atoms with van der Waals surface area (Å²) in [5.74, 6) is 1.13. The predicted octanol–water partition coefficient (Wildman–Crippen LogP) is 0.608. The van der Waals surface area contributed by atoms with Gasteiger partial charge in [-0.25, -0.2) is 0 Å². The maximum absolute atomic E-state index is 4.54. The Morgan fingerprint density at radius 2 is 2.00 bits per heavy atom. The molecule has 0 amide bonds. The molecule has 2 aliphatic rings. The van der Waals surface area contributed by atoms with Crippen LogP contribution < -0.4 is 5.32 Å². The highest BCUT2D eigenvalue weighted by atomic mass is 15.4. The Kier molecular flexibility index (Phi) is 3.46. The van der Waals surface area contributed by atoms with E-state index in [1.165, 1.54) is 19.5 Å². The van der Waals surface area contributed by atoms with Gasteiger partial charge in [0.25, 0.3) is 0 Å². The second-order valence-corrected chi connectivity index (χ2v) is 4.60. The van der Waals surface area contributed by atoms with Crippen molar-refractivity contribution >= 4 is 5.96 Å². The van der Waals surface area contributed by atoms with Gasteiger partial charge >= 0.3 is 0 Å². The zero-order valence-corrected chi connectivity index (χ0v) is 9.87. The van der Waals surface area contributed by atoms with E-state index in [1.807, 2.05) is 0 Å². The Morgan fingerprint density at radius 1 is 1.27 bits per heavy atom. The monoisotopic (exact) mass is 212 g/mol. The van der Waals surface area contributed by atoms with Gasteiger partial charge in [0.15, 0.2) is 5.96 Å². The molecular formula is C11H24N4. The quantitative estimate of drug-likeness (QED) is 0.691. The van der Waals surface area contributed by atoms with Gasteiger partial charge in [-0.3, -0.25) is 9.89 Å². The van der Waals surface area contributed by atoms with E-state index in [1.54, 1.807) is 0 Å². The van der Waals surface area contributed by atoms with E-state index >= 15 is 0 Å². The third-order valence-electron chi connectivity index (χ3n) is 3.22. The minimum absolute atomic E-state index is 0. The van der Waals surface area contributed by atoms with Crippen LogP contribution in [0.1, 0.15) is 21.7 Å². The van der Waals surface area contributed by atoms with Crippen molar-refractivity contribution in [3.63, 3.8) is 0 Å². The normalized spacial score (nSPS) is 23.9. The fourth-order valence-corrected chi connectivity index (χ4v) is 2.18. The van der Waals surface area contributed by atoms with E-state index < -0.39 is 0 Å². The molecule has 0 radical (unpaired) electrons. The number of hydrogen-bond acceptors (Lipinski definition) is 4. The summed E-state index contributed by atoms with van der Waals surface area (Å²) < 4.78 is 0. The molecule has 1 saturated heterocycles. The van der Waals surface area contributed by atoms with Crippen molar-refractivity contribution in [2.75, 3.05) is 39.3 Å². The standard InChI is InChI=1S/C11H22N4.H2/c1-10(2)14-6-8-15(9-7-14)11-12-4-3-5-13-11;/h10H,3-9H2,1-2H3,(H,12,13);1H. The van der Waals surface area contributed by atoms with Gasteiger partial charge in [0.05, 0.1) is 0 Å². The molecule has 0 unspecified atom stereocenters. The summed E-state index contributed by atoms with van der Waals surface area (Å²) in [6.45, 7) is 11.2. The van der Waals surface area contributed by atoms with Gasteiger partial charge in [0.1, 0.15) is 0 Å². The first kappa shape index (κ1) is 10.7. The smallest absolute Gasteiger partial charge is 0.194 e. The molecule has 0 spiro atoms. The number of guanidine groups is 1. The molecule has 0 bridgehead atoms. The highest BCUT2D eigenvalue weighted by molar-refractivity contribution is 5.80. The first-order valence-corrected chi connectivity index (χ1v) is 6.04. The van der Waals surface area contributed by atoms with Gasteiger partial charge < -0.3 is 10.2 Å². The van der Waals surface area contributed by atoms with Crippen LogP contribution in [0.4, 0.5) is 0 Å². The van der Waals surface area contributed by atoms with Crippen molar-refractivity contribution in [2.45, 2.75) is 26.3 Å². The van der Waals surface area contributed by atoms with E-state index in [0.29, 0.717) is 6.04 Å². The van der Waals surface area contributed by atoms with Crippen molar-refractivity contribution in [2.24, 2.45) is 4.99 Å². The first-order valence-electron chi connectivity index (χ1n) is 6.04. The maximum atomic E-state index is 4.54. The number of piperazine rings is 1. The second-order valence-electron chi connectivity index (χ2n) is 4.60. The molecule has 2 rings (SSSR count). The van der Waals surface area contributed by atoms with Crippen LogP contribution in [0.15, 0.2) is 4.99 Å². The summed E-state index contributed by atoms with van der Waals surface area (Å²) >= 11 is 0. The molecule has 1 fully saturated rings. The van der Waals surface area contributed by atoms with E-state index in [9.17, 15) is 0 Å². The molecular weight excluding hydrogens is 188 g/mol. The van der Waals surface area contributed by atoms with Crippen LogP contribution in [0.5, 0.6) is 0 Å². The predicted molar refractivity (Wildman–Crippen MR) is 65.3 cm³/mol. The summed E-state index contributed by atoms with van der Waals surface area (Å²) in [5, 5.41) is 3.39. The molecule has 88 valence electrons. The summed E-state index contributed by atoms with van der Waals surface area (Å²) in [5.41, 5.74) is 0. The van der Waals surface area contributed by atoms with Crippen LogP contribution in [0.25, 0.3) is 0 Å². The van der Waals surface area contributed by atoms with Gasteiger partial charge in [-0.15, -0.1) is 0 Å². The van der Waals surface area contributed by atoms with Crippen LogP contribution in [-0.2, 0) is 0 Å². The second kappa shape index (κ2) is 4.84. The van der Waals surface area contributed by atoms with Gasteiger partial charge in [0.2, 0.25) is 0 Å². The van der Waals surface area contributed by atoms with Crippen molar-refractivity contribution in [1.29, 1.82) is 0 Å². The van der Waals surface area contributed by atoms with E-state index in [2.05, 4.69) is 34.0 Å². The van der Waals surface area contributed by atoms with E-state index in [4.69, 9.17) is 0 Å². The molecule has 0 aromatic rings. The van der Waals surface area contributed by atoms with Crippen LogP contribution in [0, 0.1) is 0 Å².